The summed E-state index contributed by atoms with van der Waals surface area (Å²) >= 11 is 0. The Morgan fingerprint density at radius 1 is 1.14 bits per heavy atom. The minimum Gasteiger partial charge on any atom is -0.332 e. The topological polar surface area (TPSA) is 45.7 Å². The van der Waals surface area contributed by atoms with Crippen molar-refractivity contribution in [3.05, 3.63) is 65.5 Å². The number of anilines is 1. The largest absolute Gasteiger partial charge is 0.332 e. The van der Waals surface area contributed by atoms with Gasteiger partial charge in [-0.05, 0) is 37.3 Å². The quantitative estimate of drug-likeness (QED) is 0.875. The molecule has 6 heteroatoms. The summed E-state index contributed by atoms with van der Waals surface area (Å²) < 4.78 is 39.5. The van der Waals surface area contributed by atoms with Crippen LogP contribution in [0.5, 0.6) is 0 Å². The third kappa shape index (κ3) is 4.33. The summed E-state index contributed by atoms with van der Waals surface area (Å²) in [6.07, 6.45) is 0. The first kappa shape index (κ1) is 16.0. The number of halogens is 3. The van der Waals surface area contributed by atoms with E-state index < -0.39 is 17.5 Å². The molecule has 0 aliphatic heterocycles. The molecule has 22 heavy (non-hydrogen) atoms. The molecule has 0 heterocycles. The van der Waals surface area contributed by atoms with Gasteiger partial charge in [0, 0.05) is 17.3 Å². The lowest BCUT2D eigenvalue weighted by Gasteiger charge is -2.12. The predicted octanol–water partition coefficient (Wildman–Crippen LogP) is 2.37. The van der Waals surface area contributed by atoms with Crippen LogP contribution in [0.3, 0.4) is 0 Å². The monoisotopic (exact) mass is 309 g/mol. The molecule has 0 unspecified atom stereocenters. The second kappa shape index (κ2) is 7.09. The molecule has 0 aromatic heterocycles. The number of carbonyl (C=O) groups excluding carboxylic acids is 1. The molecular formula is C16H16F3N2O+. The van der Waals surface area contributed by atoms with Gasteiger partial charge in [0.05, 0.1) is 0 Å². The zero-order valence-electron chi connectivity index (χ0n) is 11.9. The van der Waals surface area contributed by atoms with Crippen molar-refractivity contribution in [2.75, 3.05) is 11.9 Å². The van der Waals surface area contributed by atoms with E-state index in [0.717, 1.165) is 6.07 Å². The molecule has 1 atom stereocenters. The summed E-state index contributed by atoms with van der Waals surface area (Å²) in [7, 11) is 0. The Morgan fingerprint density at radius 2 is 1.86 bits per heavy atom. The molecule has 0 spiro atoms. The lowest BCUT2D eigenvalue weighted by molar-refractivity contribution is -0.682. The minimum absolute atomic E-state index is 0.0362. The van der Waals surface area contributed by atoms with Crippen LogP contribution in [0.2, 0.25) is 0 Å². The Bertz CT molecular complexity index is 676. The lowest BCUT2D eigenvalue weighted by atomic mass is 10.1. The second-order valence-corrected chi connectivity index (χ2v) is 4.95. The van der Waals surface area contributed by atoms with Gasteiger partial charge >= 0.3 is 0 Å². The molecule has 2 aromatic carbocycles. The zero-order chi connectivity index (χ0) is 16.1. The van der Waals surface area contributed by atoms with E-state index >= 15 is 0 Å². The van der Waals surface area contributed by atoms with Crippen molar-refractivity contribution in [3.63, 3.8) is 0 Å². The third-order valence-corrected chi connectivity index (χ3v) is 3.22. The fraction of sp³-hybridized carbons (Fsp3) is 0.188. The maximum Gasteiger partial charge on any atom is 0.279 e. The Kier molecular flexibility index (Phi) is 5.16. The number of benzene rings is 2. The molecule has 0 radical (unpaired) electrons. The van der Waals surface area contributed by atoms with Crippen LogP contribution in [0.25, 0.3) is 0 Å². The van der Waals surface area contributed by atoms with Gasteiger partial charge in [0.1, 0.15) is 23.5 Å². The standard InChI is InChI=1S/C16H15F3N2O/c1-10(14-6-5-12(18)8-15(14)19)20-9-16(22)21-13-4-2-3-11(17)7-13/h2-8,10,20H,9H2,1H3,(H,21,22)/p+1/t10-/m0/s1. The van der Waals surface area contributed by atoms with Crippen molar-refractivity contribution in [1.29, 1.82) is 0 Å². The number of carbonyl (C=O) groups is 1. The minimum atomic E-state index is -0.644. The Morgan fingerprint density at radius 3 is 2.55 bits per heavy atom. The predicted molar refractivity (Wildman–Crippen MR) is 76.6 cm³/mol. The molecule has 2 aromatic rings. The van der Waals surface area contributed by atoms with Crippen LogP contribution < -0.4 is 10.6 Å². The Labute approximate surface area is 126 Å². The van der Waals surface area contributed by atoms with Crippen LogP contribution in [-0.4, -0.2) is 12.5 Å². The highest BCUT2D eigenvalue weighted by atomic mass is 19.1. The molecule has 0 saturated heterocycles. The van der Waals surface area contributed by atoms with Crippen molar-refractivity contribution in [1.82, 2.24) is 0 Å². The van der Waals surface area contributed by atoms with Crippen molar-refractivity contribution in [2.24, 2.45) is 0 Å². The second-order valence-electron chi connectivity index (χ2n) is 4.95. The van der Waals surface area contributed by atoms with Crippen LogP contribution in [0.15, 0.2) is 42.5 Å². The average Bonchev–Trinajstić information content (AvgIpc) is 2.45. The molecule has 3 nitrogen and oxygen atoms in total. The molecule has 0 fully saturated rings. The van der Waals surface area contributed by atoms with E-state index in [2.05, 4.69) is 5.32 Å². The molecule has 0 saturated carbocycles. The van der Waals surface area contributed by atoms with Crippen molar-refractivity contribution >= 4 is 11.6 Å². The van der Waals surface area contributed by atoms with E-state index in [9.17, 15) is 18.0 Å². The van der Waals surface area contributed by atoms with Gasteiger partial charge in [-0.1, -0.05) is 6.07 Å². The van der Waals surface area contributed by atoms with Crippen LogP contribution in [0, 0.1) is 17.5 Å². The van der Waals surface area contributed by atoms with Gasteiger partial charge in [0.25, 0.3) is 5.91 Å². The molecule has 0 aliphatic rings. The highest BCUT2D eigenvalue weighted by Gasteiger charge is 2.16. The van der Waals surface area contributed by atoms with E-state index in [1.54, 1.807) is 18.3 Å². The van der Waals surface area contributed by atoms with E-state index in [4.69, 9.17) is 0 Å². The zero-order valence-corrected chi connectivity index (χ0v) is 11.9. The number of quaternary nitrogens is 1. The average molecular weight is 309 g/mol. The molecule has 0 aliphatic carbocycles. The molecule has 116 valence electrons. The third-order valence-electron chi connectivity index (χ3n) is 3.22. The lowest BCUT2D eigenvalue weighted by Crippen LogP contribution is -2.86. The van der Waals surface area contributed by atoms with Gasteiger partial charge in [0.15, 0.2) is 6.54 Å². The van der Waals surface area contributed by atoms with Crippen molar-refractivity contribution < 1.29 is 23.3 Å². The number of rotatable bonds is 5. The van der Waals surface area contributed by atoms with Gasteiger partial charge in [-0.25, -0.2) is 13.2 Å². The van der Waals surface area contributed by atoms with Crippen LogP contribution in [0.1, 0.15) is 18.5 Å². The number of hydrogen-bond acceptors (Lipinski definition) is 1. The first-order chi connectivity index (χ1) is 10.5. The first-order valence-electron chi connectivity index (χ1n) is 6.79. The van der Waals surface area contributed by atoms with Gasteiger partial charge in [-0.2, -0.15) is 0 Å². The summed E-state index contributed by atoms with van der Waals surface area (Å²) in [5, 5.41) is 4.17. The number of nitrogens with one attached hydrogen (secondary N) is 1. The van der Waals surface area contributed by atoms with E-state index in [-0.39, 0.29) is 18.5 Å². The van der Waals surface area contributed by atoms with Gasteiger partial charge in [0.2, 0.25) is 0 Å². The molecule has 2 rings (SSSR count). The van der Waals surface area contributed by atoms with Crippen molar-refractivity contribution in [2.45, 2.75) is 13.0 Å². The molecule has 3 N–H and O–H groups in total. The first-order valence-corrected chi connectivity index (χ1v) is 6.79. The highest BCUT2D eigenvalue weighted by Crippen LogP contribution is 2.14. The molecule has 0 bridgehead atoms. The summed E-state index contributed by atoms with van der Waals surface area (Å²) in [6, 6.07) is 8.55. The number of amides is 1. The fourth-order valence-electron chi connectivity index (χ4n) is 2.06. The Hall–Kier alpha value is -2.34. The number of nitrogens with two attached hydrogens (primary N) is 1. The van der Waals surface area contributed by atoms with Crippen LogP contribution >= 0.6 is 0 Å². The van der Waals surface area contributed by atoms with E-state index in [1.807, 2.05) is 0 Å². The summed E-state index contributed by atoms with van der Waals surface area (Å²) in [6.45, 7) is 1.75. The molecule has 1 amide bonds. The number of hydrogen-bond donors (Lipinski definition) is 2. The summed E-state index contributed by atoms with van der Waals surface area (Å²) in [4.78, 5) is 11.8. The molecular weight excluding hydrogens is 293 g/mol. The maximum atomic E-state index is 13.6. The van der Waals surface area contributed by atoms with Crippen LogP contribution in [-0.2, 0) is 4.79 Å². The summed E-state index contributed by atoms with van der Waals surface area (Å²) in [5.41, 5.74) is 0.680. The van der Waals surface area contributed by atoms with Crippen molar-refractivity contribution in [3.8, 4) is 0 Å². The Balaban J connectivity index is 1.90. The van der Waals surface area contributed by atoms with Gasteiger partial charge in [-0.3, -0.25) is 4.79 Å². The van der Waals surface area contributed by atoms with E-state index in [1.165, 1.54) is 30.3 Å². The highest BCUT2D eigenvalue weighted by molar-refractivity contribution is 5.91. The van der Waals surface area contributed by atoms with Gasteiger partial charge < -0.3 is 10.6 Å². The SMILES string of the molecule is C[C@H]([NH2+]CC(=O)Nc1cccc(F)c1)c1ccc(F)cc1F. The van der Waals surface area contributed by atoms with E-state index in [0.29, 0.717) is 11.3 Å². The smallest absolute Gasteiger partial charge is 0.279 e. The summed E-state index contributed by atoms with van der Waals surface area (Å²) in [5.74, 6) is -2.06. The maximum absolute atomic E-state index is 13.6. The van der Waals surface area contributed by atoms with Crippen LogP contribution in [0.4, 0.5) is 18.9 Å². The van der Waals surface area contributed by atoms with Gasteiger partial charge in [-0.15, -0.1) is 0 Å². The normalized spacial score (nSPS) is 12.0. The fourth-order valence-corrected chi connectivity index (χ4v) is 2.06.